The van der Waals surface area contributed by atoms with Crippen LogP contribution in [0.15, 0.2) is 81.8 Å². The van der Waals surface area contributed by atoms with Gasteiger partial charge in [0.1, 0.15) is 5.52 Å². The second kappa shape index (κ2) is 9.88. The van der Waals surface area contributed by atoms with Crippen LogP contribution in [0.4, 0.5) is 0 Å². The molecule has 0 saturated heterocycles. The van der Waals surface area contributed by atoms with E-state index in [1.807, 2.05) is 86.8 Å². The number of aliphatic imine (C=N–C) groups is 1. The molecule has 176 valence electrons. The Morgan fingerprint density at radius 3 is 2.69 bits per heavy atom. The molecule has 5 nitrogen and oxygen atoms in total. The molecule has 1 aliphatic rings. The van der Waals surface area contributed by atoms with Crippen LogP contribution in [0.1, 0.15) is 54.0 Å². The first-order valence-electron chi connectivity index (χ1n) is 11.7. The first kappa shape index (κ1) is 23.1. The van der Waals surface area contributed by atoms with Gasteiger partial charge in [-0.2, -0.15) is 0 Å². The summed E-state index contributed by atoms with van der Waals surface area (Å²) in [7, 11) is 0. The summed E-state index contributed by atoms with van der Waals surface area (Å²) in [6, 6.07) is 21.2. The molecular formula is C29H26ClN3O2. The van der Waals surface area contributed by atoms with Gasteiger partial charge in [-0.05, 0) is 73.2 Å². The summed E-state index contributed by atoms with van der Waals surface area (Å²) in [5.74, 6) is 0.537. The van der Waals surface area contributed by atoms with E-state index in [1.54, 1.807) is 0 Å². The van der Waals surface area contributed by atoms with Gasteiger partial charge >= 0.3 is 0 Å². The van der Waals surface area contributed by atoms with Crippen molar-refractivity contribution >= 4 is 40.4 Å². The number of carbonyl (C=O) groups excluding carboxylic acids is 1. The number of nitrogens with zero attached hydrogens (tertiary/aromatic N) is 2. The van der Waals surface area contributed by atoms with E-state index >= 15 is 0 Å². The average Bonchev–Trinajstić information content (AvgIpc) is 3.27. The van der Waals surface area contributed by atoms with Gasteiger partial charge in [-0.1, -0.05) is 54.1 Å². The van der Waals surface area contributed by atoms with Gasteiger partial charge in [0.15, 0.2) is 5.58 Å². The Hall–Kier alpha value is -3.70. The molecule has 4 aromatic rings. The number of aryl methyl sites for hydroxylation is 1. The average molecular weight is 484 g/mol. The summed E-state index contributed by atoms with van der Waals surface area (Å²) in [4.78, 5) is 22.3. The Morgan fingerprint density at radius 2 is 1.91 bits per heavy atom. The highest BCUT2D eigenvalue weighted by Gasteiger charge is 2.20. The molecule has 2 heterocycles. The van der Waals surface area contributed by atoms with Crippen LogP contribution < -0.4 is 5.32 Å². The van der Waals surface area contributed by atoms with Gasteiger partial charge in [-0.3, -0.25) is 9.79 Å². The third-order valence-corrected chi connectivity index (χ3v) is 6.54. The van der Waals surface area contributed by atoms with Gasteiger partial charge in [0, 0.05) is 22.5 Å². The maximum absolute atomic E-state index is 13.2. The van der Waals surface area contributed by atoms with Crippen molar-refractivity contribution in [2.45, 2.75) is 39.2 Å². The second-order valence-electron chi connectivity index (χ2n) is 8.82. The molecule has 0 radical (unpaired) electrons. The van der Waals surface area contributed by atoms with E-state index in [-0.39, 0.29) is 18.4 Å². The third-order valence-electron chi connectivity index (χ3n) is 6.30. The second-order valence-corrected chi connectivity index (χ2v) is 9.26. The lowest BCUT2D eigenvalue weighted by atomic mass is 9.94. The van der Waals surface area contributed by atoms with Crippen LogP contribution >= 0.6 is 11.6 Å². The first-order chi connectivity index (χ1) is 17.0. The molecule has 1 amide bonds. The van der Waals surface area contributed by atoms with Crippen molar-refractivity contribution in [3.8, 4) is 0 Å². The van der Waals surface area contributed by atoms with E-state index in [0.29, 0.717) is 16.5 Å². The van der Waals surface area contributed by atoms with E-state index in [4.69, 9.17) is 16.0 Å². The van der Waals surface area contributed by atoms with Gasteiger partial charge < -0.3 is 9.73 Å². The minimum absolute atomic E-state index is 0.0727. The Balaban J connectivity index is 1.38. The van der Waals surface area contributed by atoms with E-state index < -0.39 is 0 Å². The van der Waals surface area contributed by atoms with Crippen molar-refractivity contribution in [2.75, 3.05) is 0 Å². The fourth-order valence-corrected chi connectivity index (χ4v) is 4.72. The Morgan fingerprint density at radius 1 is 1.09 bits per heavy atom. The molecule has 0 saturated carbocycles. The smallest absolute Gasteiger partial charge is 0.225 e. The van der Waals surface area contributed by atoms with Gasteiger partial charge in [0.2, 0.25) is 11.8 Å². The summed E-state index contributed by atoms with van der Waals surface area (Å²) in [5, 5.41) is 3.90. The van der Waals surface area contributed by atoms with E-state index in [9.17, 15) is 4.79 Å². The predicted molar refractivity (Wildman–Crippen MR) is 141 cm³/mol. The highest BCUT2D eigenvalue weighted by Crippen LogP contribution is 2.30. The molecule has 1 atom stereocenters. The van der Waals surface area contributed by atoms with Crippen LogP contribution in [0.2, 0.25) is 5.02 Å². The van der Waals surface area contributed by atoms with Crippen LogP contribution in [0.5, 0.6) is 0 Å². The predicted octanol–water partition coefficient (Wildman–Crippen LogP) is 6.83. The quantitative estimate of drug-likeness (QED) is 0.326. The van der Waals surface area contributed by atoms with E-state index in [1.165, 1.54) is 0 Å². The fraction of sp³-hybridized carbons (Fsp3) is 0.207. The standard InChI is InChI=1S/C29H26ClN3O2/c1-18-15-22(30)11-12-23(18)28(21-7-4-3-5-8-21)33-27(34)17-20-10-13-26-25(16-20)32-29(35-26)24-9-6-14-31-19(24)2/h3-5,7-8,10-16,28H,6,9,17H2,1-2H3,(H,33,34). The number of nitrogens with one attached hydrogen (secondary N) is 1. The summed E-state index contributed by atoms with van der Waals surface area (Å²) in [5.41, 5.74) is 7.36. The Bertz CT molecular complexity index is 1450. The van der Waals surface area contributed by atoms with Crippen LogP contribution in [0, 0.1) is 6.92 Å². The molecule has 1 aromatic heterocycles. The third kappa shape index (κ3) is 5.05. The van der Waals surface area contributed by atoms with Gasteiger partial charge in [0.25, 0.3) is 0 Å². The van der Waals surface area contributed by atoms with Gasteiger partial charge in [-0.25, -0.2) is 4.98 Å². The van der Waals surface area contributed by atoms with E-state index in [2.05, 4.69) is 15.3 Å². The summed E-state index contributed by atoms with van der Waals surface area (Å²) in [6.45, 7) is 3.98. The zero-order valence-corrected chi connectivity index (χ0v) is 20.5. The molecule has 1 aliphatic heterocycles. The number of fused-ring (bicyclic) bond motifs is 1. The van der Waals surface area contributed by atoms with E-state index in [0.717, 1.165) is 51.9 Å². The number of carbonyl (C=O) groups is 1. The van der Waals surface area contributed by atoms with Crippen LogP contribution in [-0.2, 0) is 11.2 Å². The topological polar surface area (TPSA) is 67.5 Å². The monoisotopic (exact) mass is 483 g/mol. The number of hydrogen-bond acceptors (Lipinski definition) is 4. The number of rotatable bonds is 6. The molecule has 0 spiro atoms. The van der Waals surface area contributed by atoms with Crippen molar-refractivity contribution in [3.63, 3.8) is 0 Å². The molecule has 5 rings (SSSR count). The van der Waals surface area contributed by atoms with Crippen molar-refractivity contribution in [1.29, 1.82) is 0 Å². The number of amides is 1. The lowest BCUT2D eigenvalue weighted by Gasteiger charge is -2.22. The van der Waals surface area contributed by atoms with Crippen LogP contribution in [0.25, 0.3) is 16.7 Å². The maximum atomic E-state index is 13.2. The van der Waals surface area contributed by atoms with Crippen LogP contribution in [-0.4, -0.2) is 17.1 Å². The maximum Gasteiger partial charge on any atom is 0.225 e. The number of aromatic nitrogens is 1. The number of benzene rings is 3. The molecule has 3 aromatic carbocycles. The Kier molecular flexibility index (Phi) is 6.51. The lowest BCUT2D eigenvalue weighted by Crippen LogP contribution is -2.31. The molecule has 6 heteroatoms. The zero-order chi connectivity index (χ0) is 24.4. The molecule has 0 aliphatic carbocycles. The van der Waals surface area contributed by atoms with Crippen molar-refractivity contribution in [3.05, 3.63) is 106 Å². The largest absolute Gasteiger partial charge is 0.436 e. The summed E-state index contributed by atoms with van der Waals surface area (Å²) < 4.78 is 5.99. The molecule has 0 bridgehead atoms. The molecule has 35 heavy (non-hydrogen) atoms. The van der Waals surface area contributed by atoms with Crippen LogP contribution in [0.3, 0.4) is 0 Å². The van der Waals surface area contributed by atoms with Crippen molar-refractivity contribution in [2.24, 2.45) is 4.99 Å². The molecule has 0 fully saturated rings. The lowest BCUT2D eigenvalue weighted by molar-refractivity contribution is -0.120. The van der Waals surface area contributed by atoms with Crippen molar-refractivity contribution in [1.82, 2.24) is 10.3 Å². The summed E-state index contributed by atoms with van der Waals surface area (Å²) in [6.07, 6.45) is 3.90. The van der Waals surface area contributed by atoms with Crippen molar-refractivity contribution < 1.29 is 9.21 Å². The van der Waals surface area contributed by atoms with Gasteiger partial charge in [0.05, 0.1) is 12.5 Å². The molecule has 1 unspecified atom stereocenters. The molecule has 1 N–H and O–H groups in total. The Labute approximate surface area is 209 Å². The highest BCUT2D eigenvalue weighted by atomic mass is 35.5. The fourth-order valence-electron chi connectivity index (χ4n) is 4.49. The molecular weight excluding hydrogens is 458 g/mol. The minimum atomic E-state index is -0.273. The minimum Gasteiger partial charge on any atom is -0.436 e. The number of halogens is 1. The number of oxazole rings is 1. The highest BCUT2D eigenvalue weighted by molar-refractivity contribution is 6.30. The SMILES string of the molecule is CC1=C(c2nc3cc(CC(=O)NC(c4ccccc4)c4ccc(Cl)cc4C)ccc3o2)CCC=N1. The number of allylic oxidation sites excluding steroid dienone is 2. The normalized spacial score (nSPS) is 14.4. The zero-order valence-electron chi connectivity index (χ0n) is 19.7. The number of hydrogen-bond donors (Lipinski definition) is 1. The first-order valence-corrected chi connectivity index (χ1v) is 12.1. The summed E-state index contributed by atoms with van der Waals surface area (Å²) >= 11 is 6.18. The van der Waals surface area contributed by atoms with Gasteiger partial charge in [-0.15, -0.1) is 0 Å².